The molecular weight excluding hydrogens is 588 g/mol. The third-order valence-electron chi connectivity index (χ3n) is 5.71. The number of methoxy groups -OCH3 is 1. The van der Waals surface area contributed by atoms with Crippen LogP contribution in [0.25, 0.3) is 5.69 Å². The second-order valence-electron chi connectivity index (χ2n) is 8.58. The van der Waals surface area contributed by atoms with Gasteiger partial charge in [0.15, 0.2) is 11.0 Å². The number of ether oxygens (including phenoxy) is 1. The first kappa shape index (κ1) is 30.4. The number of anilines is 1. The van der Waals surface area contributed by atoms with Crippen LogP contribution in [0.15, 0.2) is 78.0 Å². The van der Waals surface area contributed by atoms with Crippen LogP contribution < -0.4 is 15.4 Å². The van der Waals surface area contributed by atoms with E-state index in [1.54, 1.807) is 12.1 Å². The highest BCUT2D eigenvalue weighted by Crippen LogP contribution is 2.35. The minimum absolute atomic E-state index is 0.00854. The van der Waals surface area contributed by atoms with Crippen LogP contribution in [0.4, 0.5) is 32.0 Å². The molecule has 0 saturated heterocycles. The van der Waals surface area contributed by atoms with Gasteiger partial charge in [0, 0.05) is 5.56 Å². The van der Waals surface area contributed by atoms with E-state index in [-0.39, 0.29) is 28.8 Å². The maximum absolute atomic E-state index is 13.4. The highest BCUT2D eigenvalue weighted by molar-refractivity contribution is 7.99. The molecule has 4 rings (SSSR count). The lowest BCUT2D eigenvalue weighted by molar-refractivity contribution is -0.138. The van der Waals surface area contributed by atoms with E-state index in [1.165, 1.54) is 48.1 Å². The molecule has 0 fully saturated rings. The molecule has 42 heavy (non-hydrogen) atoms. The fourth-order valence-corrected chi connectivity index (χ4v) is 4.54. The summed E-state index contributed by atoms with van der Waals surface area (Å²) in [6.07, 6.45) is -9.37. The van der Waals surface area contributed by atoms with E-state index in [4.69, 9.17) is 4.74 Å². The van der Waals surface area contributed by atoms with Crippen LogP contribution in [-0.2, 0) is 23.7 Å². The van der Waals surface area contributed by atoms with Gasteiger partial charge < -0.3 is 15.4 Å². The Kier molecular flexibility index (Phi) is 9.09. The average molecular weight is 610 g/mol. The maximum Gasteiger partial charge on any atom is 0.418 e. The van der Waals surface area contributed by atoms with Gasteiger partial charge in [-0.15, -0.1) is 10.2 Å². The molecule has 15 heteroatoms. The van der Waals surface area contributed by atoms with Crippen molar-refractivity contribution in [1.82, 2.24) is 20.1 Å². The van der Waals surface area contributed by atoms with E-state index in [9.17, 15) is 35.9 Å². The van der Waals surface area contributed by atoms with Gasteiger partial charge in [-0.25, -0.2) is 0 Å². The molecule has 4 aromatic rings. The number of hydrogen-bond donors (Lipinski definition) is 2. The molecule has 2 amide bonds. The van der Waals surface area contributed by atoms with Crippen LogP contribution in [0.3, 0.4) is 0 Å². The first-order chi connectivity index (χ1) is 19.9. The number of carbonyl (C=O) groups is 2. The number of nitrogens with one attached hydrogen (secondary N) is 2. The third-order valence-corrected chi connectivity index (χ3v) is 6.64. The molecule has 3 aromatic carbocycles. The minimum atomic E-state index is -4.70. The molecule has 1 heterocycles. The van der Waals surface area contributed by atoms with Crippen LogP contribution in [0, 0.1) is 0 Å². The first-order valence-corrected chi connectivity index (χ1v) is 13.0. The quantitative estimate of drug-likeness (QED) is 0.179. The molecule has 0 atom stereocenters. The Morgan fingerprint density at radius 3 is 2.36 bits per heavy atom. The van der Waals surface area contributed by atoms with Crippen molar-refractivity contribution in [2.45, 2.75) is 24.1 Å². The van der Waals surface area contributed by atoms with Gasteiger partial charge in [-0.05, 0) is 48.5 Å². The van der Waals surface area contributed by atoms with Gasteiger partial charge in [0.05, 0.1) is 41.9 Å². The Morgan fingerprint density at radius 1 is 0.905 bits per heavy atom. The molecule has 0 radical (unpaired) electrons. The minimum Gasteiger partial charge on any atom is -0.497 e. The SMILES string of the molecule is COc1cccc(C(=O)NCc2nnc(SCC(=O)Nc3ccccc3C(F)(F)F)n2-c2cccc(C(F)(F)F)c2)c1. The first-order valence-electron chi connectivity index (χ1n) is 12.0. The van der Waals surface area contributed by atoms with Gasteiger partial charge in [0.2, 0.25) is 5.91 Å². The Hall–Kier alpha value is -4.53. The average Bonchev–Trinajstić information content (AvgIpc) is 3.37. The number of halogens is 6. The van der Waals surface area contributed by atoms with E-state index < -0.39 is 46.7 Å². The number of alkyl halides is 6. The van der Waals surface area contributed by atoms with E-state index in [1.807, 2.05) is 0 Å². The number of para-hydroxylation sites is 1. The molecule has 0 aliphatic heterocycles. The van der Waals surface area contributed by atoms with Crippen molar-refractivity contribution in [1.29, 1.82) is 0 Å². The van der Waals surface area contributed by atoms with Crippen molar-refractivity contribution in [3.8, 4) is 11.4 Å². The zero-order valence-electron chi connectivity index (χ0n) is 21.6. The zero-order valence-corrected chi connectivity index (χ0v) is 22.4. The topological polar surface area (TPSA) is 98.1 Å². The van der Waals surface area contributed by atoms with Crippen LogP contribution in [0.1, 0.15) is 27.3 Å². The predicted octanol–water partition coefficient (Wildman–Crippen LogP) is 5.97. The molecule has 2 N–H and O–H groups in total. The van der Waals surface area contributed by atoms with E-state index in [0.717, 1.165) is 36.0 Å². The van der Waals surface area contributed by atoms with Crippen molar-refractivity contribution < 1.29 is 40.7 Å². The van der Waals surface area contributed by atoms with Gasteiger partial charge in [0.1, 0.15) is 5.75 Å². The summed E-state index contributed by atoms with van der Waals surface area (Å²) in [4.78, 5) is 25.3. The molecule has 0 bridgehead atoms. The number of hydrogen-bond acceptors (Lipinski definition) is 6. The summed E-state index contributed by atoms with van der Waals surface area (Å²) in [5.41, 5.74) is -2.20. The van der Waals surface area contributed by atoms with Crippen molar-refractivity contribution in [3.05, 3.63) is 95.3 Å². The van der Waals surface area contributed by atoms with Crippen LogP contribution in [-0.4, -0.2) is 39.4 Å². The summed E-state index contributed by atoms with van der Waals surface area (Å²) in [5.74, 6) is -1.31. The fourth-order valence-electron chi connectivity index (χ4n) is 3.77. The molecule has 1 aromatic heterocycles. The molecule has 220 valence electrons. The van der Waals surface area contributed by atoms with Gasteiger partial charge in [-0.3, -0.25) is 14.2 Å². The predicted molar refractivity (Wildman–Crippen MR) is 141 cm³/mol. The normalized spacial score (nSPS) is 11.7. The summed E-state index contributed by atoms with van der Waals surface area (Å²) >= 11 is 0.738. The van der Waals surface area contributed by atoms with E-state index in [0.29, 0.717) is 5.75 Å². The second kappa shape index (κ2) is 12.5. The number of nitrogens with zero attached hydrogens (tertiary/aromatic N) is 3. The molecular formula is C27H21F6N5O3S. The Bertz CT molecular complexity index is 1590. The lowest BCUT2D eigenvalue weighted by atomic mass is 10.1. The molecule has 0 spiro atoms. The summed E-state index contributed by atoms with van der Waals surface area (Å²) in [5, 5.41) is 12.7. The van der Waals surface area contributed by atoms with Gasteiger partial charge in [0.25, 0.3) is 5.91 Å². The Morgan fingerprint density at radius 2 is 1.64 bits per heavy atom. The summed E-state index contributed by atoms with van der Waals surface area (Å²) in [7, 11) is 1.43. The van der Waals surface area contributed by atoms with Crippen molar-refractivity contribution in [2.24, 2.45) is 0 Å². The molecule has 0 aliphatic carbocycles. The number of benzene rings is 3. The number of thioether (sulfide) groups is 1. The van der Waals surface area contributed by atoms with Crippen LogP contribution in [0.2, 0.25) is 0 Å². The maximum atomic E-state index is 13.4. The highest BCUT2D eigenvalue weighted by Gasteiger charge is 2.34. The lowest BCUT2D eigenvalue weighted by Crippen LogP contribution is -2.24. The summed E-state index contributed by atoms with van der Waals surface area (Å²) < 4.78 is 86.5. The van der Waals surface area contributed by atoms with Crippen LogP contribution >= 0.6 is 11.8 Å². The van der Waals surface area contributed by atoms with E-state index in [2.05, 4.69) is 20.8 Å². The smallest absolute Gasteiger partial charge is 0.418 e. The monoisotopic (exact) mass is 609 g/mol. The van der Waals surface area contributed by atoms with Crippen LogP contribution in [0.5, 0.6) is 5.75 Å². The molecule has 0 aliphatic rings. The standard InChI is InChI=1S/C27H21F6N5O3S/c1-41-19-9-4-6-16(12-19)24(40)34-14-22-36-37-25(38(22)18-8-5-7-17(13-18)26(28,29)30)42-15-23(39)35-21-11-3-2-10-20(21)27(31,32)33/h2-13H,14-15H2,1H3,(H,34,40)(H,35,39). The van der Waals surface area contributed by atoms with Crippen molar-refractivity contribution >= 4 is 29.3 Å². The second-order valence-corrected chi connectivity index (χ2v) is 9.52. The summed E-state index contributed by atoms with van der Waals surface area (Å²) in [6.45, 7) is -0.259. The number of aromatic nitrogens is 3. The number of rotatable bonds is 9. The molecule has 0 saturated carbocycles. The number of carbonyl (C=O) groups excluding carboxylic acids is 2. The number of amides is 2. The zero-order chi connectivity index (χ0) is 30.5. The van der Waals surface area contributed by atoms with Gasteiger partial charge in [-0.2, -0.15) is 26.3 Å². The highest BCUT2D eigenvalue weighted by atomic mass is 32.2. The van der Waals surface area contributed by atoms with Gasteiger partial charge in [-0.1, -0.05) is 36.0 Å². The Balaban J connectivity index is 1.58. The fraction of sp³-hybridized carbons (Fsp3) is 0.185. The van der Waals surface area contributed by atoms with Crippen molar-refractivity contribution in [3.63, 3.8) is 0 Å². The Labute approximate surface area is 239 Å². The largest absolute Gasteiger partial charge is 0.497 e. The summed E-state index contributed by atoms with van der Waals surface area (Å²) in [6, 6.07) is 14.9. The van der Waals surface area contributed by atoms with E-state index >= 15 is 0 Å². The van der Waals surface area contributed by atoms with Gasteiger partial charge >= 0.3 is 12.4 Å². The third kappa shape index (κ3) is 7.40. The molecule has 0 unspecified atom stereocenters. The lowest BCUT2D eigenvalue weighted by Gasteiger charge is -2.14. The van der Waals surface area contributed by atoms with Crippen molar-refractivity contribution in [2.75, 3.05) is 18.2 Å². The molecule has 8 nitrogen and oxygen atoms in total.